The molecule has 2 rings (SSSR count). The molecule has 3 nitrogen and oxygen atoms in total. The van der Waals surface area contributed by atoms with Crippen LogP contribution in [0.1, 0.15) is 37.8 Å². The van der Waals surface area contributed by atoms with E-state index in [4.69, 9.17) is 4.74 Å². The highest BCUT2D eigenvalue weighted by Gasteiger charge is 2.27. The van der Waals surface area contributed by atoms with E-state index in [2.05, 4.69) is 0 Å². The number of hydrogen-bond acceptors (Lipinski definition) is 3. The van der Waals surface area contributed by atoms with Crippen molar-refractivity contribution in [1.82, 2.24) is 0 Å². The summed E-state index contributed by atoms with van der Waals surface area (Å²) in [6.45, 7) is 7.64. The summed E-state index contributed by atoms with van der Waals surface area (Å²) in [7, 11) is 0. The van der Waals surface area contributed by atoms with Gasteiger partial charge < -0.3 is 14.9 Å². The summed E-state index contributed by atoms with van der Waals surface area (Å²) in [5, 5.41) is 19.9. The van der Waals surface area contributed by atoms with E-state index in [-0.39, 0.29) is 11.7 Å². The lowest BCUT2D eigenvalue weighted by molar-refractivity contribution is 0.139. The Morgan fingerprint density at radius 3 is 2.61 bits per heavy atom. The molecule has 2 N–H and O–H groups in total. The van der Waals surface area contributed by atoms with Gasteiger partial charge in [0.1, 0.15) is 17.1 Å². The Morgan fingerprint density at radius 2 is 1.94 bits per heavy atom. The van der Waals surface area contributed by atoms with Gasteiger partial charge in [-0.05, 0) is 44.5 Å². The maximum atomic E-state index is 10.1. The molecule has 1 aromatic carbocycles. The molecule has 1 heterocycles. The van der Waals surface area contributed by atoms with E-state index in [0.29, 0.717) is 0 Å². The lowest BCUT2D eigenvalue weighted by atomic mass is 9.90. The zero-order valence-corrected chi connectivity index (χ0v) is 11.3. The van der Waals surface area contributed by atoms with Gasteiger partial charge in [0.25, 0.3) is 0 Å². The van der Waals surface area contributed by atoms with Crippen molar-refractivity contribution >= 4 is 0 Å². The topological polar surface area (TPSA) is 49.7 Å². The van der Waals surface area contributed by atoms with Crippen molar-refractivity contribution in [2.45, 2.75) is 45.3 Å². The summed E-state index contributed by atoms with van der Waals surface area (Å²) >= 11 is 0. The number of aromatic hydroxyl groups is 1. The van der Waals surface area contributed by atoms with E-state index in [9.17, 15) is 10.2 Å². The zero-order valence-electron chi connectivity index (χ0n) is 11.3. The summed E-state index contributed by atoms with van der Waals surface area (Å²) < 4.78 is 5.97. The molecule has 0 aliphatic carbocycles. The van der Waals surface area contributed by atoms with E-state index in [1.54, 1.807) is 12.1 Å². The number of aliphatic hydroxyl groups is 1. The third-order valence-electron chi connectivity index (χ3n) is 3.40. The van der Waals surface area contributed by atoms with Gasteiger partial charge >= 0.3 is 0 Å². The van der Waals surface area contributed by atoms with Crippen molar-refractivity contribution in [3.63, 3.8) is 0 Å². The first-order valence-electron chi connectivity index (χ1n) is 6.20. The van der Waals surface area contributed by atoms with Crippen LogP contribution in [0.2, 0.25) is 0 Å². The van der Waals surface area contributed by atoms with E-state index < -0.39 is 11.7 Å². The van der Waals surface area contributed by atoms with Gasteiger partial charge in [-0.3, -0.25) is 0 Å². The Bertz CT molecular complexity index is 489. The second-order valence-electron chi connectivity index (χ2n) is 5.52. The number of aliphatic hydroxyl groups excluding tert-OH is 1. The van der Waals surface area contributed by atoms with Crippen LogP contribution in [-0.2, 0) is 0 Å². The van der Waals surface area contributed by atoms with Crippen LogP contribution in [0, 0.1) is 6.92 Å². The molecule has 2 atom stereocenters. The van der Waals surface area contributed by atoms with E-state index in [1.165, 1.54) is 0 Å². The summed E-state index contributed by atoms with van der Waals surface area (Å²) in [5.41, 5.74) is 1.14. The normalized spacial score (nSPS) is 27.6. The third kappa shape index (κ3) is 2.36. The minimum absolute atomic E-state index is 0.112. The molecule has 98 valence electrons. The maximum absolute atomic E-state index is 10.1. The largest absolute Gasteiger partial charge is 0.508 e. The van der Waals surface area contributed by atoms with Gasteiger partial charge in [0.05, 0.1) is 6.10 Å². The molecule has 0 saturated carbocycles. The number of phenolic OH excluding ortho intramolecular Hbond substituents is 1. The molecule has 0 radical (unpaired) electrons. The van der Waals surface area contributed by atoms with Crippen molar-refractivity contribution < 1.29 is 14.9 Å². The molecular weight excluding hydrogens is 228 g/mol. The highest BCUT2D eigenvalue weighted by atomic mass is 16.5. The van der Waals surface area contributed by atoms with Crippen molar-refractivity contribution in [2.24, 2.45) is 0 Å². The van der Waals surface area contributed by atoms with Crippen molar-refractivity contribution in [3.8, 4) is 11.5 Å². The minimum atomic E-state index is -0.575. The first-order chi connectivity index (χ1) is 8.30. The Labute approximate surface area is 108 Å². The van der Waals surface area contributed by atoms with Crippen molar-refractivity contribution in [1.29, 1.82) is 0 Å². The van der Waals surface area contributed by atoms with Crippen LogP contribution in [0.15, 0.2) is 24.3 Å². The van der Waals surface area contributed by atoms with Gasteiger partial charge in [-0.25, -0.2) is 0 Å². The summed E-state index contributed by atoms with van der Waals surface area (Å²) in [6.07, 6.45) is 3.05. The molecule has 0 fully saturated rings. The van der Waals surface area contributed by atoms with Crippen LogP contribution >= 0.6 is 0 Å². The summed E-state index contributed by atoms with van der Waals surface area (Å²) in [6, 6.07) is 3.52. The number of aryl methyl sites for hydroxylation is 1. The maximum Gasteiger partial charge on any atom is 0.124 e. The molecule has 0 saturated heterocycles. The molecule has 3 heteroatoms. The van der Waals surface area contributed by atoms with E-state index in [0.717, 1.165) is 16.9 Å². The Balaban J connectivity index is 2.57. The van der Waals surface area contributed by atoms with Crippen molar-refractivity contribution in [3.05, 3.63) is 35.4 Å². The standard InChI is InChI=1S/C15H20O3/c1-9-7-14-11(8-13(9)17)10(2)12(16)5-6-15(3,4)18-14/h5-8,10,12,16-17H,1-4H3/b6-5-/t10-,12+/m1/s1. The van der Waals surface area contributed by atoms with Gasteiger partial charge in [0.15, 0.2) is 0 Å². The molecule has 0 spiro atoms. The average Bonchev–Trinajstić information content (AvgIpc) is 2.28. The van der Waals surface area contributed by atoms with E-state index >= 15 is 0 Å². The predicted octanol–water partition coefficient (Wildman–Crippen LogP) is 2.89. The SMILES string of the molecule is Cc1cc2c(cc1O)[C@@H](C)[C@@H](O)/C=C\C(C)(C)O2. The molecule has 0 bridgehead atoms. The first kappa shape index (κ1) is 13.0. The predicted molar refractivity (Wildman–Crippen MR) is 71.1 cm³/mol. The molecule has 1 aliphatic rings. The summed E-state index contributed by atoms with van der Waals surface area (Å²) in [5.74, 6) is 0.851. The van der Waals surface area contributed by atoms with Crippen LogP contribution in [0.25, 0.3) is 0 Å². The van der Waals surface area contributed by atoms with Gasteiger partial charge in [-0.2, -0.15) is 0 Å². The fourth-order valence-electron chi connectivity index (χ4n) is 2.13. The van der Waals surface area contributed by atoms with Gasteiger partial charge in [-0.1, -0.05) is 13.0 Å². The van der Waals surface area contributed by atoms with Crippen molar-refractivity contribution in [2.75, 3.05) is 0 Å². The quantitative estimate of drug-likeness (QED) is 0.694. The van der Waals surface area contributed by atoms with Gasteiger partial charge in [-0.15, -0.1) is 0 Å². The lowest BCUT2D eigenvalue weighted by Gasteiger charge is -2.30. The number of hydrogen-bond donors (Lipinski definition) is 2. The minimum Gasteiger partial charge on any atom is -0.508 e. The second kappa shape index (κ2) is 4.32. The Hall–Kier alpha value is -1.48. The van der Waals surface area contributed by atoms with Crippen LogP contribution in [0.4, 0.5) is 0 Å². The van der Waals surface area contributed by atoms with Gasteiger partial charge in [0, 0.05) is 11.5 Å². The average molecular weight is 248 g/mol. The number of fused-ring (bicyclic) bond motifs is 1. The summed E-state index contributed by atoms with van der Waals surface area (Å²) in [4.78, 5) is 0. The number of benzene rings is 1. The fourth-order valence-corrected chi connectivity index (χ4v) is 2.13. The fraction of sp³-hybridized carbons (Fsp3) is 0.467. The Kier molecular flexibility index (Phi) is 3.11. The van der Waals surface area contributed by atoms with Crippen LogP contribution < -0.4 is 4.74 Å². The lowest BCUT2D eigenvalue weighted by Crippen LogP contribution is -2.29. The number of rotatable bonds is 0. The molecule has 1 aliphatic heterocycles. The highest BCUT2D eigenvalue weighted by Crippen LogP contribution is 2.38. The zero-order chi connectivity index (χ0) is 13.5. The molecular formula is C15H20O3. The monoisotopic (exact) mass is 248 g/mol. The number of ether oxygens (including phenoxy) is 1. The van der Waals surface area contributed by atoms with Crippen LogP contribution in [0.3, 0.4) is 0 Å². The number of phenols is 1. The Morgan fingerprint density at radius 1 is 1.28 bits per heavy atom. The third-order valence-corrected chi connectivity index (χ3v) is 3.40. The smallest absolute Gasteiger partial charge is 0.124 e. The van der Waals surface area contributed by atoms with E-state index in [1.807, 2.05) is 39.8 Å². The van der Waals surface area contributed by atoms with Crippen LogP contribution in [-0.4, -0.2) is 21.9 Å². The highest BCUT2D eigenvalue weighted by molar-refractivity contribution is 5.48. The molecule has 18 heavy (non-hydrogen) atoms. The molecule has 0 unspecified atom stereocenters. The van der Waals surface area contributed by atoms with Crippen LogP contribution in [0.5, 0.6) is 11.5 Å². The molecule has 1 aromatic rings. The molecule has 0 aromatic heterocycles. The first-order valence-corrected chi connectivity index (χ1v) is 6.20. The molecule has 0 amide bonds. The second-order valence-corrected chi connectivity index (χ2v) is 5.52. The van der Waals surface area contributed by atoms with Gasteiger partial charge in [0.2, 0.25) is 0 Å².